The van der Waals surface area contributed by atoms with Crippen LogP contribution in [0.4, 0.5) is 18.9 Å². The molecule has 0 fully saturated rings. The van der Waals surface area contributed by atoms with E-state index in [1.165, 1.54) is 41.2 Å². The van der Waals surface area contributed by atoms with Crippen LogP contribution >= 0.6 is 23.2 Å². The molecule has 34 heavy (non-hydrogen) atoms. The molecule has 0 aliphatic heterocycles. The fraction of sp³-hybridized carbons (Fsp3) is 0.0870. The van der Waals surface area contributed by atoms with Crippen molar-refractivity contribution in [3.63, 3.8) is 0 Å². The molecule has 4 aromatic rings. The lowest BCUT2D eigenvalue weighted by Gasteiger charge is -2.12. The molecule has 0 saturated carbocycles. The van der Waals surface area contributed by atoms with Crippen LogP contribution in [0.15, 0.2) is 65.7 Å². The first-order chi connectivity index (χ1) is 16.0. The van der Waals surface area contributed by atoms with Gasteiger partial charge in [0, 0.05) is 5.56 Å². The standard InChI is InChI=1S/C23H14Cl2F3N3O3/c24-15-8-13(9-16(25)20(15)32)21(33)30-18-3-1-2-17-19(18)22(34)31(11-29-17)10-12-4-6-14(7-5-12)23(26,27)28/h1-9,11,32H,10H2,(H,30,33). The summed E-state index contributed by atoms with van der Waals surface area (Å²) in [6.45, 7) is -0.0225. The highest BCUT2D eigenvalue weighted by atomic mass is 35.5. The van der Waals surface area contributed by atoms with Crippen LogP contribution in [0.25, 0.3) is 10.9 Å². The normalized spacial score (nSPS) is 11.6. The lowest BCUT2D eigenvalue weighted by molar-refractivity contribution is -0.137. The predicted molar refractivity (Wildman–Crippen MR) is 123 cm³/mol. The summed E-state index contributed by atoms with van der Waals surface area (Å²) in [6, 6.07) is 11.6. The monoisotopic (exact) mass is 507 g/mol. The number of nitrogens with zero attached hydrogens (tertiary/aromatic N) is 2. The van der Waals surface area contributed by atoms with Gasteiger partial charge in [-0.05, 0) is 42.0 Å². The second kappa shape index (κ2) is 9.00. The first-order valence-electron chi connectivity index (χ1n) is 9.68. The maximum Gasteiger partial charge on any atom is 0.416 e. The summed E-state index contributed by atoms with van der Waals surface area (Å²) in [7, 11) is 0. The van der Waals surface area contributed by atoms with E-state index >= 15 is 0 Å². The van der Waals surface area contributed by atoms with Gasteiger partial charge in [-0.1, -0.05) is 41.4 Å². The van der Waals surface area contributed by atoms with Gasteiger partial charge in [0.1, 0.15) is 0 Å². The van der Waals surface area contributed by atoms with Crippen LogP contribution in [-0.2, 0) is 12.7 Å². The number of phenolic OH excluding ortho intramolecular Hbond substituents is 1. The summed E-state index contributed by atoms with van der Waals surface area (Å²) in [5, 5.41) is 12.2. The van der Waals surface area contributed by atoms with E-state index in [1.807, 2.05) is 0 Å². The van der Waals surface area contributed by atoms with E-state index in [9.17, 15) is 27.9 Å². The van der Waals surface area contributed by atoms with Crippen molar-refractivity contribution in [3.05, 3.63) is 98.0 Å². The number of fused-ring (bicyclic) bond motifs is 1. The van der Waals surface area contributed by atoms with E-state index < -0.39 is 23.2 Å². The Hall–Kier alpha value is -3.56. The zero-order valence-electron chi connectivity index (χ0n) is 17.0. The Bertz CT molecular complexity index is 1450. The molecule has 1 amide bonds. The molecule has 174 valence electrons. The Balaban J connectivity index is 1.68. The van der Waals surface area contributed by atoms with Crippen molar-refractivity contribution in [2.75, 3.05) is 5.32 Å². The first-order valence-corrected chi connectivity index (χ1v) is 10.4. The van der Waals surface area contributed by atoms with Crippen LogP contribution in [-0.4, -0.2) is 20.6 Å². The maximum absolute atomic E-state index is 13.2. The molecule has 0 atom stereocenters. The molecule has 0 unspecified atom stereocenters. The number of carbonyl (C=O) groups is 1. The van der Waals surface area contributed by atoms with Crippen LogP contribution in [0.2, 0.25) is 10.0 Å². The number of carbonyl (C=O) groups excluding carboxylic acids is 1. The topological polar surface area (TPSA) is 84.2 Å². The van der Waals surface area contributed by atoms with E-state index in [0.29, 0.717) is 11.1 Å². The number of benzene rings is 3. The second-order valence-electron chi connectivity index (χ2n) is 7.31. The van der Waals surface area contributed by atoms with Crippen LogP contribution in [0, 0.1) is 0 Å². The third-order valence-corrected chi connectivity index (χ3v) is 5.59. The number of nitrogens with one attached hydrogen (secondary N) is 1. The zero-order chi connectivity index (χ0) is 24.6. The molecule has 11 heteroatoms. The van der Waals surface area contributed by atoms with E-state index in [4.69, 9.17) is 23.2 Å². The third kappa shape index (κ3) is 4.71. The van der Waals surface area contributed by atoms with E-state index in [0.717, 1.165) is 12.1 Å². The third-order valence-electron chi connectivity index (χ3n) is 5.01. The summed E-state index contributed by atoms with van der Waals surface area (Å²) in [5.41, 5.74) is -0.289. The minimum absolute atomic E-state index is 0.0225. The van der Waals surface area contributed by atoms with Gasteiger partial charge in [-0.15, -0.1) is 0 Å². The summed E-state index contributed by atoms with van der Waals surface area (Å²) < 4.78 is 39.6. The Morgan fingerprint density at radius 1 is 1.06 bits per heavy atom. The minimum Gasteiger partial charge on any atom is -0.505 e. The van der Waals surface area contributed by atoms with Crippen molar-refractivity contribution >= 4 is 45.7 Å². The number of alkyl halides is 3. The molecule has 0 bridgehead atoms. The first kappa shape index (κ1) is 23.6. The molecule has 2 N–H and O–H groups in total. The molecule has 4 rings (SSSR count). The number of aromatic nitrogens is 2. The molecule has 0 saturated heterocycles. The van der Waals surface area contributed by atoms with Crippen LogP contribution in [0.5, 0.6) is 5.75 Å². The summed E-state index contributed by atoms with van der Waals surface area (Å²) in [4.78, 5) is 30.1. The highest BCUT2D eigenvalue weighted by Crippen LogP contribution is 2.33. The van der Waals surface area contributed by atoms with Gasteiger partial charge in [0.25, 0.3) is 11.5 Å². The Morgan fingerprint density at radius 2 is 1.71 bits per heavy atom. The van der Waals surface area contributed by atoms with Gasteiger partial charge in [-0.3, -0.25) is 14.2 Å². The number of anilines is 1. The molecular weight excluding hydrogens is 494 g/mol. The van der Waals surface area contributed by atoms with Crippen molar-refractivity contribution in [1.82, 2.24) is 9.55 Å². The number of amides is 1. The molecule has 3 aromatic carbocycles. The van der Waals surface area contributed by atoms with E-state index in [-0.39, 0.29) is 39.0 Å². The van der Waals surface area contributed by atoms with Gasteiger partial charge >= 0.3 is 6.18 Å². The fourth-order valence-electron chi connectivity index (χ4n) is 3.30. The van der Waals surface area contributed by atoms with Gasteiger partial charge < -0.3 is 10.4 Å². The number of halogens is 5. The largest absolute Gasteiger partial charge is 0.505 e. The quantitative estimate of drug-likeness (QED) is 0.369. The molecular formula is C23H14Cl2F3N3O3. The van der Waals surface area contributed by atoms with E-state index in [1.54, 1.807) is 12.1 Å². The fourth-order valence-corrected chi connectivity index (χ4v) is 3.79. The SMILES string of the molecule is O=C(Nc1cccc2ncn(Cc3ccc(C(F)(F)F)cc3)c(=O)c12)c1cc(Cl)c(O)c(Cl)c1. The lowest BCUT2D eigenvalue weighted by atomic mass is 10.1. The van der Waals surface area contributed by atoms with Gasteiger partial charge in [0.15, 0.2) is 5.75 Å². The Labute approximate surface area is 200 Å². The molecule has 0 radical (unpaired) electrons. The summed E-state index contributed by atoms with van der Waals surface area (Å²) in [6.07, 6.45) is -3.17. The molecule has 6 nitrogen and oxygen atoms in total. The second-order valence-corrected chi connectivity index (χ2v) is 8.13. The van der Waals surface area contributed by atoms with Crippen molar-refractivity contribution in [2.24, 2.45) is 0 Å². The number of hydrogen-bond acceptors (Lipinski definition) is 4. The van der Waals surface area contributed by atoms with Gasteiger partial charge in [0.2, 0.25) is 0 Å². The number of hydrogen-bond donors (Lipinski definition) is 2. The van der Waals surface area contributed by atoms with Gasteiger partial charge in [0.05, 0.1) is 45.1 Å². The smallest absolute Gasteiger partial charge is 0.416 e. The minimum atomic E-state index is -4.46. The average Bonchev–Trinajstić information content (AvgIpc) is 2.78. The summed E-state index contributed by atoms with van der Waals surface area (Å²) >= 11 is 11.8. The zero-order valence-corrected chi connectivity index (χ0v) is 18.5. The molecule has 0 aliphatic carbocycles. The summed E-state index contributed by atoms with van der Waals surface area (Å²) in [5.74, 6) is -0.991. The highest BCUT2D eigenvalue weighted by Gasteiger charge is 2.30. The number of rotatable bonds is 4. The van der Waals surface area contributed by atoms with E-state index in [2.05, 4.69) is 10.3 Å². The maximum atomic E-state index is 13.2. The average molecular weight is 508 g/mol. The van der Waals surface area contributed by atoms with Crippen LogP contribution in [0.3, 0.4) is 0 Å². The molecule has 0 aliphatic rings. The van der Waals surface area contributed by atoms with Gasteiger partial charge in [-0.2, -0.15) is 13.2 Å². The highest BCUT2D eigenvalue weighted by molar-refractivity contribution is 6.37. The molecule has 1 aromatic heterocycles. The van der Waals surface area contributed by atoms with Crippen LogP contribution < -0.4 is 10.9 Å². The lowest BCUT2D eigenvalue weighted by Crippen LogP contribution is -2.23. The predicted octanol–water partition coefficient (Wildman–Crippen LogP) is 5.73. The van der Waals surface area contributed by atoms with Crippen molar-refractivity contribution in [1.29, 1.82) is 0 Å². The van der Waals surface area contributed by atoms with Crippen molar-refractivity contribution in [2.45, 2.75) is 12.7 Å². The Kier molecular flexibility index (Phi) is 6.24. The molecule has 1 heterocycles. The Morgan fingerprint density at radius 3 is 2.32 bits per heavy atom. The van der Waals surface area contributed by atoms with Crippen molar-refractivity contribution in [3.8, 4) is 5.75 Å². The van der Waals surface area contributed by atoms with Gasteiger partial charge in [-0.25, -0.2) is 4.98 Å². The number of aromatic hydroxyl groups is 1. The molecule has 0 spiro atoms. The van der Waals surface area contributed by atoms with Crippen LogP contribution in [0.1, 0.15) is 21.5 Å². The van der Waals surface area contributed by atoms with Crippen molar-refractivity contribution < 1.29 is 23.1 Å². The number of phenols is 1.